The molecule has 1 rings (SSSR count). The van der Waals surface area contributed by atoms with Crippen molar-refractivity contribution < 1.29 is 0 Å². The van der Waals surface area contributed by atoms with Crippen molar-refractivity contribution >= 4 is 5.71 Å². The molecule has 0 aromatic heterocycles. The normalized spacial score (nSPS) is 20.8. The Morgan fingerprint density at radius 3 is 2.24 bits per heavy atom. The zero-order chi connectivity index (χ0) is 12.9. The number of hydrogen-bond donors (Lipinski definition) is 0. The first kappa shape index (κ1) is 14.5. The Kier molecular flexibility index (Phi) is 5.42. The Bertz CT molecular complexity index is 285. The van der Waals surface area contributed by atoms with E-state index in [1.54, 1.807) is 0 Å². The molecule has 1 nitrogen and oxygen atoms in total. The van der Waals surface area contributed by atoms with Gasteiger partial charge in [-0.2, -0.15) is 0 Å². The molecular formula is C16H29N. The van der Waals surface area contributed by atoms with Crippen molar-refractivity contribution in [3.63, 3.8) is 0 Å². The maximum Gasteiger partial charge on any atom is 0.0397 e. The minimum Gasteiger partial charge on any atom is -0.293 e. The number of rotatable bonds is 3. The lowest BCUT2D eigenvalue weighted by Gasteiger charge is -2.23. The molecule has 0 bridgehead atoms. The van der Waals surface area contributed by atoms with Gasteiger partial charge in [0.05, 0.1) is 0 Å². The fourth-order valence-electron chi connectivity index (χ4n) is 2.76. The van der Waals surface area contributed by atoms with Gasteiger partial charge < -0.3 is 0 Å². The molecule has 0 radical (unpaired) electrons. The highest BCUT2D eigenvalue weighted by Gasteiger charge is 2.18. The van der Waals surface area contributed by atoms with Crippen LogP contribution in [0.2, 0.25) is 0 Å². The van der Waals surface area contributed by atoms with Gasteiger partial charge in [-0.3, -0.25) is 4.99 Å². The van der Waals surface area contributed by atoms with Crippen molar-refractivity contribution in [3.8, 4) is 0 Å². The third-order valence-corrected chi connectivity index (χ3v) is 3.73. The molecule has 0 aliphatic heterocycles. The molecule has 0 aromatic rings. The van der Waals surface area contributed by atoms with Crippen LogP contribution in [-0.4, -0.2) is 12.8 Å². The number of nitrogens with zero attached hydrogens (tertiary/aromatic N) is 1. The fourth-order valence-corrected chi connectivity index (χ4v) is 2.76. The molecule has 0 aromatic carbocycles. The summed E-state index contributed by atoms with van der Waals surface area (Å²) in [6.07, 6.45) is 10.8. The van der Waals surface area contributed by atoms with Crippen LogP contribution in [0.1, 0.15) is 66.2 Å². The van der Waals surface area contributed by atoms with Crippen molar-refractivity contribution in [2.75, 3.05) is 7.05 Å². The smallest absolute Gasteiger partial charge is 0.0397 e. The second-order valence-electron chi connectivity index (χ2n) is 6.56. The van der Waals surface area contributed by atoms with Crippen LogP contribution in [0, 0.1) is 11.3 Å². The molecule has 1 aliphatic rings. The Hall–Kier alpha value is -0.590. The first-order valence-corrected chi connectivity index (χ1v) is 7.08. The van der Waals surface area contributed by atoms with Crippen molar-refractivity contribution in [1.29, 1.82) is 0 Å². The summed E-state index contributed by atoms with van der Waals surface area (Å²) in [5.41, 5.74) is 2.90. The van der Waals surface area contributed by atoms with Gasteiger partial charge in [-0.15, -0.1) is 0 Å². The van der Waals surface area contributed by atoms with Crippen LogP contribution in [0.3, 0.4) is 0 Å². The molecular weight excluding hydrogens is 206 g/mol. The molecule has 0 spiro atoms. The summed E-state index contributed by atoms with van der Waals surface area (Å²) in [5.74, 6) is 0.929. The molecule has 0 atom stereocenters. The van der Waals surface area contributed by atoms with Gasteiger partial charge in [-0.25, -0.2) is 0 Å². The maximum atomic E-state index is 4.43. The Balaban J connectivity index is 2.58. The van der Waals surface area contributed by atoms with Crippen molar-refractivity contribution in [2.24, 2.45) is 16.3 Å². The van der Waals surface area contributed by atoms with Crippen LogP contribution in [0.15, 0.2) is 16.6 Å². The molecule has 0 saturated heterocycles. The van der Waals surface area contributed by atoms with Gasteiger partial charge in [0.25, 0.3) is 0 Å². The highest BCUT2D eigenvalue weighted by atomic mass is 14.7. The second kappa shape index (κ2) is 6.37. The summed E-state index contributed by atoms with van der Waals surface area (Å²) in [4.78, 5) is 4.43. The lowest BCUT2D eigenvalue weighted by atomic mass is 9.83. The van der Waals surface area contributed by atoms with Crippen LogP contribution in [0.5, 0.6) is 0 Å². The Morgan fingerprint density at radius 2 is 1.76 bits per heavy atom. The molecule has 1 fully saturated rings. The monoisotopic (exact) mass is 235 g/mol. The predicted molar refractivity (Wildman–Crippen MR) is 77.8 cm³/mol. The van der Waals surface area contributed by atoms with Gasteiger partial charge in [0.2, 0.25) is 0 Å². The molecule has 98 valence electrons. The fraction of sp³-hybridized carbons (Fsp3) is 0.812. The second-order valence-corrected chi connectivity index (χ2v) is 6.56. The van der Waals surface area contributed by atoms with E-state index < -0.39 is 0 Å². The molecule has 0 N–H and O–H groups in total. The predicted octanol–water partition coefficient (Wildman–Crippen LogP) is 5.02. The van der Waals surface area contributed by atoms with Gasteiger partial charge in [-0.05, 0) is 25.3 Å². The van der Waals surface area contributed by atoms with E-state index in [0.717, 1.165) is 5.92 Å². The average molecular weight is 235 g/mol. The molecule has 0 heterocycles. The summed E-state index contributed by atoms with van der Waals surface area (Å²) in [7, 11) is 1.91. The van der Waals surface area contributed by atoms with Crippen LogP contribution < -0.4 is 0 Å². The maximum absolute atomic E-state index is 4.43. The van der Waals surface area contributed by atoms with Crippen molar-refractivity contribution in [3.05, 3.63) is 11.6 Å². The first-order chi connectivity index (χ1) is 7.93. The molecule has 1 heteroatoms. The van der Waals surface area contributed by atoms with Crippen LogP contribution in [-0.2, 0) is 0 Å². The van der Waals surface area contributed by atoms with Crippen molar-refractivity contribution in [1.82, 2.24) is 0 Å². The average Bonchev–Trinajstić information content (AvgIpc) is 2.25. The first-order valence-electron chi connectivity index (χ1n) is 7.08. The highest BCUT2D eigenvalue weighted by Crippen LogP contribution is 2.29. The van der Waals surface area contributed by atoms with E-state index >= 15 is 0 Å². The van der Waals surface area contributed by atoms with E-state index in [4.69, 9.17) is 0 Å². The molecule has 17 heavy (non-hydrogen) atoms. The van der Waals surface area contributed by atoms with Gasteiger partial charge in [0.15, 0.2) is 0 Å². The standard InChI is InChI=1S/C16H29N/c1-13(11-14-9-7-6-8-10-14)12-15(17-5)16(2,3)4/h12,14H,6-11H2,1-5H3/b13-12-,17-15?. The number of allylic oxidation sites excluding steroid dienone is 2. The topological polar surface area (TPSA) is 12.4 Å². The van der Waals surface area contributed by atoms with E-state index in [1.807, 2.05) is 7.05 Å². The summed E-state index contributed by atoms with van der Waals surface area (Å²) < 4.78 is 0. The lowest BCUT2D eigenvalue weighted by molar-refractivity contribution is 0.356. The third kappa shape index (κ3) is 5.06. The summed E-state index contributed by atoms with van der Waals surface area (Å²) >= 11 is 0. The largest absolute Gasteiger partial charge is 0.293 e. The van der Waals surface area contributed by atoms with Gasteiger partial charge in [0.1, 0.15) is 0 Å². The SMILES string of the molecule is CN=C(/C=C(/C)CC1CCCCC1)C(C)(C)C. The van der Waals surface area contributed by atoms with Crippen molar-refractivity contribution in [2.45, 2.75) is 66.2 Å². The molecule has 1 saturated carbocycles. The van der Waals surface area contributed by atoms with Crippen LogP contribution in [0.4, 0.5) is 0 Å². The van der Waals surface area contributed by atoms with Gasteiger partial charge in [0, 0.05) is 18.2 Å². The van der Waals surface area contributed by atoms with Gasteiger partial charge >= 0.3 is 0 Å². The minimum absolute atomic E-state index is 0.169. The highest BCUT2D eigenvalue weighted by molar-refractivity contribution is 5.99. The zero-order valence-electron chi connectivity index (χ0n) is 12.3. The van der Waals surface area contributed by atoms with E-state index in [9.17, 15) is 0 Å². The van der Waals surface area contributed by atoms with Crippen LogP contribution >= 0.6 is 0 Å². The third-order valence-electron chi connectivity index (χ3n) is 3.73. The van der Waals surface area contributed by atoms with Crippen LogP contribution in [0.25, 0.3) is 0 Å². The molecule has 0 amide bonds. The van der Waals surface area contributed by atoms with Gasteiger partial charge in [-0.1, -0.05) is 58.4 Å². The molecule has 0 unspecified atom stereocenters. The van der Waals surface area contributed by atoms with E-state index in [1.165, 1.54) is 49.8 Å². The summed E-state index contributed by atoms with van der Waals surface area (Å²) in [5, 5.41) is 0. The summed E-state index contributed by atoms with van der Waals surface area (Å²) in [6, 6.07) is 0. The zero-order valence-corrected chi connectivity index (χ0v) is 12.3. The summed E-state index contributed by atoms with van der Waals surface area (Å²) in [6.45, 7) is 8.98. The van der Waals surface area contributed by atoms with E-state index in [-0.39, 0.29) is 5.41 Å². The number of hydrogen-bond acceptors (Lipinski definition) is 1. The van der Waals surface area contributed by atoms with E-state index in [0.29, 0.717) is 0 Å². The van der Waals surface area contributed by atoms with E-state index in [2.05, 4.69) is 38.8 Å². The lowest BCUT2D eigenvalue weighted by Crippen LogP contribution is -2.18. The quantitative estimate of drug-likeness (QED) is 0.609. The molecule has 1 aliphatic carbocycles. The number of aliphatic imine (C=N–C) groups is 1. The Labute approximate surface area is 107 Å². The Morgan fingerprint density at radius 1 is 1.18 bits per heavy atom. The minimum atomic E-state index is 0.169.